The van der Waals surface area contributed by atoms with Crippen molar-refractivity contribution in [1.29, 1.82) is 0 Å². The van der Waals surface area contributed by atoms with E-state index in [1.54, 1.807) is 0 Å². The van der Waals surface area contributed by atoms with Crippen molar-refractivity contribution in [3.05, 3.63) is 35.4 Å². The zero-order chi connectivity index (χ0) is 14.1. The molecule has 1 amide bonds. The third-order valence-corrected chi connectivity index (χ3v) is 3.75. The van der Waals surface area contributed by atoms with E-state index in [9.17, 15) is 4.79 Å². The van der Waals surface area contributed by atoms with Gasteiger partial charge in [0.05, 0.1) is 0 Å². The molecule has 1 aromatic rings. The molecule has 0 aliphatic rings. The molecule has 0 spiro atoms. The van der Waals surface area contributed by atoms with Gasteiger partial charge in [0.25, 0.3) is 0 Å². The first kappa shape index (κ1) is 16.0. The highest BCUT2D eigenvalue weighted by molar-refractivity contribution is 6.18. The zero-order valence-electron chi connectivity index (χ0n) is 11.9. The highest BCUT2D eigenvalue weighted by Crippen LogP contribution is 2.07. The van der Waals surface area contributed by atoms with Crippen LogP contribution in [0.3, 0.4) is 0 Å². The van der Waals surface area contributed by atoms with Crippen molar-refractivity contribution in [1.82, 2.24) is 5.32 Å². The fourth-order valence-corrected chi connectivity index (χ4v) is 2.01. The number of amides is 1. The van der Waals surface area contributed by atoms with Gasteiger partial charge < -0.3 is 5.32 Å². The Kier molecular flexibility index (Phi) is 7.57. The van der Waals surface area contributed by atoms with E-state index < -0.39 is 0 Å². The van der Waals surface area contributed by atoms with Crippen molar-refractivity contribution >= 4 is 17.5 Å². The molecule has 0 saturated carbocycles. The summed E-state index contributed by atoms with van der Waals surface area (Å²) in [6.45, 7) is 4.96. The Labute approximate surface area is 121 Å². The summed E-state index contributed by atoms with van der Waals surface area (Å²) in [4.78, 5) is 11.7. The molecule has 1 rings (SSSR count). The van der Waals surface area contributed by atoms with Crippen LogP contribution in [-0.4, -0.2) is 18.3 Å². The SMILES string of the molecule is Cc1ccc(CCC(=O)NCCCC(C)CCl)cc1. The zero-order valence-corrected chi connectivity index (χ0v) is 12.7. The lowest BCUT2D eigenvalue weighted by Crippen LogP contribution is -2.25. The fraction of sp³-hybridized carbons (Fsp3) is 0.562. The van der Waals surface area contributed by atoms with E-state index >= 15 is 0 Å². The smallest absolute Gasteiger partial charge is 0.220 e. The van der Waals surface area contributed by atoms with Crippen molar-refractivity contribution in [2.24, 2.45) is 5.92 Å². The minimum atomic E-state index is 0.138. The molecule has 1 aromatic carbocycles. The van der Waals surface area contributed by atoms with Crippen molar-refractivity contribution in [2.75, 3.05) is 12.4 Å². The predicted molar refractivity (Wildman–Crippen MR) is 81.6 cm³/mol. The Bertz CT molecular complexity index is 375. The average Bonchev–Trinajstić information content (AvgIpc) is 2.42. The molecule has 1 unspecified atom stereocenters. The number of benzene rings is 1. The second kappa shape index (κ2) is 8.98. The molecule has 0 aromatic heterocycles. The molecular formula is C16H24ClNO. The fourth-order valence-electron chi connectivity index (χ4n) is 1.86. The van der Waals surface area contributed by atoms with E-state index in [0.717, 1.165) is 25.8 Å². The molecule has 3 heteroatoms. The summed E-state index contributed by atoms with van der Waals surface area (Å²) in [5, 5.41) is 2.96. The van der Waals surface area contributed by atoms with Gasteiger partial charge in [-0.15, -0.1) is 11.6 Å². The van der Waals surface area contributed by atoms with Crippen LogP contribution in [0.5, 0.6) is 0 Å². The molecule has 0 aliphatic heterocycles. The van der Waals surface area contributed by atoms with E-state index in [0.29, 0.717) is 18.2 Å². The number of carbonyl (C=O) groups is 1. The molecule has 0 radical (unpaired) electrons. The van der Waals surface area contributed by atoms with Gasteiger partial charge in [-0.3, -0.25) is 4.79 Å². The summed E-state index contributed by atoms with van der Waals surface area (Å²) in [6, 6.07) is 8.34. The number of aryl methyl sites for hydroxylation is 2. The van der Waals surface area contributed by atoms with Crippen molar-refractivity contribution in [3.63, 3.8) is 0 Å². The van der Waals surface area contributed by atoms with Gasteiger partial charge in [-0.2, -0.15) is 0 Å². The maximum atomic E-state index is 11.7. The molecule has 0 saturated heterocycles. The summed E-state index contributed by atoms with van der Waals surface area (Å²) >= 11 is 5.73. The minimum absolute atomic E-state index is 0.138. The quantitative estimate of drug-likeness (QED) is 0.571. The molecule has 0 fully saturated rings. The van der Waals surface area contributed by atoms with Gasteiger partial charge in [0.1, 0.15) is 0 Å². The lowest BCUT2D eigenvalue weighted by atomic mass is 10.1. The van der Waals surface area contributed by atoms with E-state index in [1.165, 1.54) is 11.1 Å². The summed E-state index contributed by atoms with van der Waals surface area (Å²) in [5.74, 6) is 1.37. The van der Waals surface area contributed by atoms with Gasteiger partial charge in [0.15, 0.2) is 0 Å². The Balaban J connectivity index is 2.12. The van der Waals surface area contributed by atoms with Crippen LogP contribution in [0.1, 0.15) is 37.3 Å². The monoisotopic (exact) mass is 281 g/mol. The van der Waals surface area contributed by atoms with Crippen molar-refractivity contribution < 1.29 is 4.79 Å². The first-order chi connectivity index (χ1) is 9.11. The highest BCUT2D eigenvalue weighted by atomic mass is 35.5. The number of hydrogen-bond acceptors (Lipinski definition) is 1. The number of halogens is 1. The second-order valence-electron chi connectivity index (χ2n) is 5.24. The lowest BCUT2D eigenvalue weighted by molar-refractivity contribution is -0.121. The van der Waals surface area contributed by atoms with Gasteiger partial charge in [0.2, 0.25) is 5.91 Å². The number of alkyl halides is 1. The normalized spacial score (nSPS) is 12.2. The molecular weight excluding hydrogens is 258 g/mol. The Morgan fingerprint density at radius 3 is 2.63 bits per heavy atom. The lowest BCUT2D eigenvalue weighted by Gasteiger charge is -2.08. The maximum Gasteiger partial charge on any atom is 0.220 e. The molecule has 19 heavy (non-hydrogen) atoms. The van der Waals surface area contributed by atoms with Crippen LogP contribution < -0.4 is 5.32 Å². The van der Waals surface area contributed by atoms with Gasteiger partial charge in [-0.05, 0) is 37.7 Å². The first-order valence-electron chi connectivity index (χ1n) is 7.00. The Hall–Kier alpha value is -1.02. The summed E-state index contributed by atoms with van der Waals surface area (Å²) in [7, 11) is 0. The van der Waals surface area contributed by atoms with Crippen LogP contribution in [0.2, 0.25) is 0 Å². The summed E-state index contributed by atoms with van der Waals surface area (Å²) < 4.78 is 0. The molecule has 106 valence electrons. The third kappa shape index (κ3) is 7.22. The highest BCUT2D eigenvalue weighted by Gasteiger charge is 2.03. The average molecular weight is 282 g/mol. The van der Waals surface area contributed by atoms with E-state index in [-0.39, 0.29) is 5.91 Å². The summed E-state index contributed by atoms with van der Waals surface area (Å²) in [5.41, 5.74) is 2.47. The molecule has 1 atom stereocenters. The number of carbonyl (C=O) groups excluding carboxylic acids is 1. The van der Waals surface area contributed by atoms with Crippen LogP contribution >= 0.6 is 11.6 Å². The van der Waals surface area contributed by atoms with Gasteiger partial charge in [-0.1, -0.05) is 36.8 Å². The molecule has 2 nitrogen and oxygen atoms in total. The summed E-state index contributed by atoms with van der Waals surface area (Å²) in [6.07, 6.45) is 3.45. The maximum absolute atomic E-state index is 11.7. The topological polar surface area (TPSA) is 29.1 Å². The number of rotatable bonds is 8. The Morgan fingerprint density at radius 2 is 2.00 bits per heavy atom. The minimum Gasteiger partial charge on any atom is -0.356 e. The van der Waals surface area contributed by atoms with Crippen LogP contribution in [0.25, 0.3) is 0 Å². The molecule has 0 bridgehead atoms. The van der Waals surface area contributed by atoms with E-state index in [4.69, 9.17) is 11.6 Å². The van der Waals surface area contributed by atoms with Crippen molar-refractivity contribution in [2.45, 2.75) is 39.5 Å². The largest absolute Gasteiger partial charge is 0.356 e. The van der Waals surface area contributed by atoms with Gasteiger partial charge in [0, 0.05) is 18.8 Å². The van der Waals surface area contributed by atoms with Crippen LogP contribution in [0, 0.1) is 12.8 Å². The molecule has 1 N–H and O–H groups in total. The Morgan fingerprint density at radius 1 is 1.32 bits per heavy atom. The van der Waals surface area contributed by atoms with Crippen LogP contribution in [0.15, 0.2) is 24.3 Å². The van der Waals surface area contributed by atoms with Gasteiger partial charge >= 0.3 is 0 Å². The second-order valence-corrected chi connectivity index (χ2v) is 5.55. The first-order valence-corrected chi connectivity index (χ1v) is 7.53. The van der Waals surface area contributed by atoms with Crippen LogP contribution in [-0.2, 0) is 11.2 Å². The predicted octanol–water partition coefficient (Wildman–Crippen LogP) is 3.70. The van der Waals surface area contributed by atoms with E-state index in [1.807, 2.05) is 0 Å². The number of hydrogen-bond donors (Lipinski definition) is 1. The molecule has 0 aliphatic carbocycles. The number of nitrogens with one attached hydrogen (secondary N) is 1. The standard InChI is InChI=1S/C16H24ClNO/c1-13-5-7-15(8-6-13)9-10-16(19)18-11-3-4-14(2)12-17/h5-8,14H,3-4,9-12H2,1-2H3,(H,18,19). The third-order valence-electron chi connectivity index (χ3n) is 3.22. The van der Waals surface area contributed by atoms with Crippen molar-refractivity contribution in [3.8, 4) is 0 Å². The van der Waals surface area contributed by atoms with E-state index in [2.05, 4.69) is 43.4 Å². The molecule has 0 heterocycles. The van der Waals surface area contributed by atoms with Crippen LogP contribution in [0.4, 0.5) is 0 Å². The van der Waals surface area contributed by atoms with Gasteiger partial charge in [-0.25, -0.2) is 0 Å².